The van der Waals surface area contributed by atoms with Gasteiger partial charge in [-0.15, -0.1) is 0 Å². The number of hydrogen-bond donors (Lipinski definition) is 0. The fourth-order valence-corrected chi connectivity index (χ4v) is 2.06. The summed E-state index contributed by atoms with van der Waals surface area (Å²) < 4.78 is 63.1. The Bertz CT molecular complexity index is 1060. The molecule has 0 N–H and O–H groups in total. The number of carboxylic acids is 2. The van der Waals surface area contributed by atoms with E-state index in [4.69, 9.17) is 19.8 Å². The van der Waals surface area contributed by atoms with Crippen molar-refractivity contribution in [3.8, 4) is 22.8 Å². The minimum atomic E-state index is -5.19. The smallest absolute Gasteiger partial charge is 0.542 e. The summed E-state index contributed by atoms with van der Waals surface area (Å²) in [5.74, 6) is -6.01. The van der Waals surface area contributed by atoms with Crippen LogP contribution in [-0.4, -0.2) is 44.2 Å². The summed E-state index contributed by atoms with van der Waals surface area (Å²) in [5, 5.41) is 17.6. The van der Waals surface area contributed by atoms with Crippen LogP contribution in [0.2, 0.25) is 0 Å². The Balaban J connectivity index is 0.000000508. The molecule has 0 spiro atoms. The van der Waals surface area contributed by atoms with Gasteiger partial charge in [-0.2, -0.15) is 26.3 Å². The van der Waals surface area contributed by atoms with E-state index in [-0.39, 0.29) is 27.7 Å². The number of pyridine rings is 4. The summed E-state index contributed by atoms with van der Waals surface area (Å²) in [7, 11) is 0. The number of carbonyl (C=O) groups is 2. The second kappa shape index (κ2) is 17.5. The third kappa shape index (κ3) is 15.2. The molecular weight excluding hydrogens is 723 g/mol. The number of carbonyl (C=O) groups excluding carboxylic acids is 2. The number of carboxylic acid groups (broad SMARTS) is 2. The largest absolute Gasteiger partial charge is 2.00 e. The van der Waals surface area contributed by atoms with E-state index < -0.39 is 24.3 Å². The summed E-state index contributed by atoms with van der Waals surface area (Å²) >= 11 is 0. The maximum atomic E-state index is 10.5. The van der Waals surface area contributed by atoms with Crippen LogP contribution in [-0.2, 0) is 37.3 Å². The van der Waals surface area contributed by atoms with Gasteiger partial charge in [-0.3, -0.25) is 19.9 Å². The van der Waals surface area contributed by atoms with Gasteiger partial charge in [0.2, 0.25) is 0 Å². The summed E-state index contributed by atoms with van der Waals surface area (Å²) in [6.07, 6.45) is -3.32. The molecule has 0 unspecified atom stereocenters. The molecule has 0 saturated heterocycles. The Morgan fingerprint density at radius 1 is 0.487 bits per heavy atom. The van der Waals surface area contributed by atoms with E-state index in [1.54, 1.807) is 24.8 Å². The number of rotatable bonds is 2. The molecule has 0 aliphatic carbocycles. The SMILES string of the molecule is O=C([O-])C(F)(F)F.O=C([O-])C(F)(F)F.[Hg+2].c1ccc(-c2ccccn2)nc1.c1ccc(-c2ccccn2)nc1. The van der Waals surface area contributed by atoms with Gasteiger partial charge in [-0.05, 0) is 48.5 Å². The van der Waals surface area contributed by atoms with Crippen molar-refractivity contribution in [2.45, 2.75) is 12.4 Å². The fraction of sp³-hybridized carbons (Fsp3) is 0.0833. The van der Waals surface area contributed by atoms with Crippen LogP contribution in [0.4, 0.5) is 26.3 Å². The first kappa shape index (κ1) is 35.1. The summed E-state index contributed by atoms with van der Waals surface area (Å²) in [6.45, 7) is 0. The molecule has 0 atom stereocenters. The Kier molecular flexibility index (Phi) is 15.8. The Labute approximate surface area is 237 Å². The normalized spacial score (nSPS) is 10.0. The third-order valence-electron chi connectivity index (χ3n) is 3.65. The van der Waals surface area contributed by atoms with Crippen LogP contribution in [0.1, 0.15) is 0 Å². The summed E-state index contributed by atoms with van der Waals surface area (Å²) in [5.41, 5.74) is 3.66. The molecule has 39 heavy (non-hydrogen) atoms. The molecule has 0 aliphatic rings. The van der Waals surface area contributed by atoms with Crippen molar-refractivity contribution in [2.24, 2.45) is 0 Å². The van der Waals surface area contributed by atoms with Gasteiger partial charge in [0.25, 0.3) is 0 Å². The van der Waals surface area contributed by atoms with Crippen molar-refractivity contribution < 1.29 is 73.8 Å². The minimum absolute atomic E-state index is 0. The van der Waals surface area contributed by atoms with Gasteiger partial charge in [0.1, 0.15) is 11.9 Å². The van der Waals surface area contributed by atoms with Crippen molar-refractivity contribution >= 4 is 11.9 Å². The average molecular weight is 739 g/mol. The van der Waals surface area contributed by atoms with Crippen molar-refractivity contribution in [3.05, 3.63) is 97.6 Å². The van der Waals surface area contributed by atoms with E-state index in [0.717, 1.165) is 22.8 Å². The molecular formula is C24H16F6HgN4O4. The Hall–Kier alpha value is -3.94. The number of nitrogens with zero attached hydrogens (tertiary/aromatic N) is 4. The molecule has 4 rings (SSSR count). The number of alkyl halides is 6. The van der Waals surface area contributed by atoms with Gasteiger partial charge in [0, 0.05) is 24.8 Å². The molecule has 200 valence electrons. The van der Waals surface area contributed by atoms with E-state index >= 15 is 0 Å². The van der Waals surface area contributed by atoms with Crippen LogP contribution in [0.5, 0.6) is 0 Å². The molecule has 8 nitrogen and oxygen atoms in total. The second-order valence-corrected chi connectivity index (χ2v) is 6.43. The molecule has 4 aromatic rings. The molecule has 0 aromatic carbocycles. The van der Waals surface area contributed by atoms with Crippen LogP contribution in [0.25, 0.3) is 22.8 Å². The van der Waals surface area contributed by atoms with Gasteiger partial charge < -0.3 is 19.8 Å². The zero-order chi connectivity index (χ0) is 28.6. The van der Waals surface area contributed by atoms with Crippen LogP contribution >= 0.6 is 0 Å². The van der Waals surface area contributed by atoms with Gasteiger partial charge >= 0.3 is 40.0 Å². The van der Waals surface area contributed by atoms with Crippen LogP contribution in [0.3, 0.4) is 0 Å². The van der Waals surface area contributed by atoms with E-state index in [1.165, 1.54) is 0 Å². The predicted molar refractivity (Wildman–Crippen MR) is 117 cm³/mol. The molecule has 0 bridgehead atoms. The Morgan fingerprint density at radius 3 is 0.769 bits per heavy atom. The Morgan fingerprint density at radius 2 is 0.667 bits per heavy atom. The molecule has 0 saturated carbocycles. The molecule has 15 heteroatoms. The van der Waals surface area contributed by atoms with Gasteiger partial charge in [-0.25, -0.2) is 0 Å². The van der Waals surface area contributed by atoms with Gasteiger partial charge in [-0.1, -0.05) is 24.3 Å². The number of halogens is 6. The predicted octanol–water partition coefficient (Wildman–Crippen LogP) is 2.88. The zero-order valence-electron chi connectivity index (χ0n) is 19.6. The summed E-state index contributed by atoms with van der Waals surface area (Å²) in [6, 6.07) is 23.2. The molecule has 0 aliphatic heterocycles. The topological polar surface area (TPSA) is 132 Å². The van der Waals surface area contributed by atoms with E-state index in [1.807, 2.05) is 72.8 Å². The number of hydrogen-bond acceptors (Lipinski definition) is 8. The minimum Gasteiger partial charge on any atom is -0.542 e. The van der Waals surface area contributed by atoms with E-state index in [9.17, 15) is 26.3 Å². The third-order valence-corrected chi connectivity index (χ3v) is 3.65. The van der Waals surface area contributed by atoms with Gasteiger partial charge in [0.15, 0.2) is 0 Å². The summed E-state index contributed by atoms with van der Waals surface area (Å²) in [4.78, 5) is 34.3. The fourth-order valence-electron chi connectivity index (χ4n) is 2.06. The number of aromatic nitrogens is 4. The van der Waals surface area contributed by atoms with E-state index in [2.05, 4.69) is 19.9 Å². The molecule has 0 fully saturated rings. The van der Waals surface area contributed by atoms with Crippen LogP contribution in [0.15, 0.2) is 97.6 Å². The van der Waals surface area contributed by atoms with E-state index in [0.29, 0.717) is 0 Å². The molecule has 4 aromatic heterocycles. The average Bonchev–Trinajstić information content (AvgIpc) is 2.91. The van der Waals surface area contributed by atoms with Crippen LogP contribution in [0, 0.1) is 0 Å². The zero-order valence-corrected chi connectivity index (χ0v) is 25.1. The first-order valence-corrected chi connectivity index (χ1v) is 10.0. The van der Waals surface area contributed by atoms with Crippen molar-refractivity contribution in [2.75, 3.05) is 0 Å². The maximum absolute atomic E-state index is 10.5. The standard InChI is InChI=1S/2C10H8N2.2C2HF3O2.Hg/c2*1-3-7-11-9(5-1)10-6-2-4-8-12-10;2*3-2(4,5)1(6)7;/h2*1-8H;2*(H,6,7);/q;;;;+2/p-2. The first-order valence-electron chi connectivity index (χ1n) is 10.0. The number of aliphatic carboxylic acids is 2. The van der Waals surface area contributed by atoms with Crippen molar-refractivity contribution in [1.82, 2.24) is 19.9 Å². The first-order chi connectivity index (χ1) is 17.8. The molecule has 4 heterocycles. The maximum Gasteiger partial charge on any atom is 2.00 e. The molecule has 0 radical (unpaired) electrons. The van der Waals surface area contributed by atoms with Crippen LogP contribution < -0.4 is 10.2 Å². The quantitative estimate of drug-likeness (QED) is 0.227. The van der Waals surface area contributed by atoms with Crippen molar-refractivity contribution in [3.63, 3.8) is 0 Å². The molecule has 0 amide bonds. The van der Waals surface area contributed by atoms with Gasteiger partial charge in [0.05, 0.1) is 22.8 Å². The second-order valence-electron chi connectivity index (χ2n) is 6.43. The monoisotopic (exact) mass is 740 g/mol. The van der Waals surface area contributed by atoms with Crippen molar-refractivity contribution in [1.29, 1.82) is 0 Å².